The van der Waals surface area contributed by atoms with Crippen LogP contribution >= 0.6 is 0 Å². The van der Waals surface area contributed by atoms with Crippen LogP contribution in [0.2, 0.25) is 0 Å². The normalized spacial score (nSPS) is 11.9. The molecule has 0 radical (unpaired) electrons. The van der Waals surface area contributed by atoms with Crippen LogP contribution in [0.1, 0.15) is 5.56 Å². The van der Waals surface area contributed by atoms with Gasteiger partial charge in [-0.05, 0) is 18.6 Å². The second kappa shape index (κ2) is 5.97. The molecule has 0 fully saturated rings. The Bertz CT molecular complexity index is 362. The van der Waals surface area contributed by atoms with E-state index in [4.69, 9.17) is 16.2 Å². The number of aliphatic hydroxyl groups excluding tert-OH is 1. The molecule has 0 saturated carbocycles. The van der Waals surface area contributed by atoms with Crippen molar-refractivity contribution in [1.82, 2.24) is 0 Å². The molecule has 0 heterocycles. The van der Waals surface area contributed by atoms with Crippen molar-refractivity contribution in [2.75, 3.05) is 13.2 Å². The molecule has 5 nitrogen and oxygen atoms in total. The number of guanidine groups is 1. The van der Waals surface area contributed by atoms with E-state index in [9.17, 15) is 5.11 Å². The average molecular weight is 223 g/mol. The molecule has 88 valence electrons. The van der Waals surface area contributed by atoms with Gasteiger partial charge in [-0.3, -0.25) is 4.99 Å². The van der Waals surface area contributed by atoms with Gasteiger partial charge in [-0.25, -0.2) is 0 Å². The molecule has 0 aliphatic rings. The third-order valence-electron chi connectivity index (χ3n) is 2.01. The summed E-state index contributed by atoms with van der Waals surface area (Å²) in [4.78, 5) is 3.70. The Labute approximate surface area is 94.7 Å². The van der Waals surface area contributed by atoms with Crippen LogP contribution in [0, 0.1) is 6.92 Å². The summed E-state index contributed by atoms with van der Waals surface area (Å²) in [6, 6.07) is 7.60. The molecule has 1 rings (SSSR count). The Morgan fingerprint density at radius 2 is 2.12 bits per heavy atom. The van der Waals surface area contributed by atoms with Gasteiger partial charge in [0.1, 0.15) is 18.5 Å². The Morgan fingerprint density at radius 1 is 1.44 bits per heavy atom. The first kappa shape index (κ1) is 12.3. The van der Waals surface area contributed by atoms with Crippen LogP contribution in [0.5, 0.6) is 5.75 Å². The molecule has 5 heteroatoms. The van der Waals surface area contributed by atoms with E-state index in [-0.39, 0.29) is 19.1 Å². The van der Waals surface area contributed by atoms with Gasteiger partial charge in [-0.15, -0.1) is 0 Å². The first-order valence-corrected chi connectivity index (χ1v) is 5.01. The zero-order valence-corrected chi connectivity index (χ0v) is 9.26. The fourth-order valence-electron chi connectivity index (χ4n) is 1.17. The lowest BCUT2D eigenvalue weighted by atomic mass is 10.2. The smallest absolute Gasteiger partial charge is 0.186 e. The van der Waals surface area contributed by atoms with Gasteiger partial charge in [0.05, 0.1) is 6.54 Å². The molecular formula is C11H17N3O2. The number of aliphatic imine (C=N–C) groups is 1. The molecule has 0 bridgehead atoms. The van der Waals surface area contributed by atoms with Crippen molar-refractivity contribution in [1.29, 1.82) is 0 Å². The number of benzene rings is 1. The van der Waals surface area contributed by atoms with Crippen LogP contribution in [0.15, 0.2) is 29.3 Å². The van der Waals surface area contributed by atoms with Crippen molar-refractivity contribution in [3.8, 4) is 5.75 Å². The molecule has 1 aromatic carbocycles. The molecule has 0 aliphatic carbocycles. The van der Waals surface area contributed by atoms with Crippen LogP contribution in [0.3, 0.4) is 0 Å². The third-order valence-corrected chi connectivity index (χ3v) is 2.01. The molecule has 0 aliphatic heterocycles. The number of aryl methyl sites for hydroxylation is 1. The van der Waals surface area contributed by atoms with Crippen molar-refractivity contribution in [3.63, 3.8) is 0 Å². The van der Waals surface area contributed by atoms with E-state index >= 15 is 0 Å². The van der Waals surface area contributed by atoms with Gasteiger partial charge in [-0.2, -0.15) is 0 Å². The number of hydrogen-bond donors (Lipinski definition) is 3. The molecule has 0 saturated heterocycles. The molecule has 0 aromatic heterocycles. The first-order chi connectivity index (χ1) is 7.59. The van der Waals surface area contributed by atoms with Crippen LogP contribution < -0.4 is 16.2 Å². The van der Waals surface area contributed by atoms with Crippen molar-refractivity contribution in [2.45, 2.75) is 13.0 Å². The number of para-hydroxylation sites is 1. The fourth-order valence-corrected chi connectivity index (χ4v) is 1.17. The Morgan fingerprint density at radius 3 is 2.75 bits per heavy atom. The maximum absolute atomic E-state index is 9.51. The van der Waals surface area contributed by atoms with Crippen LogP contribution in [-0.4, -0.2) is 30.3 Å². The summed E-state index contributed by atoms with van der Waals surface area (Å²) in [7, 11) is 0. The summed E-state index contributed by atoms with van der Waals surface area (Å²) in [5.41, 5.74) is 11.3. The standard InChI is InChI=1S/C11H17N3O2/c1-8-4-2-3-5-10(8)16-7-9(15)6-14-11(12)13/h2-5,9,15H,6-7H2,1H3,(H4,12,13,14). The van der Waals surface area contributed by atoms with E-state index in [2.05, 4.69) is 4.99 Å². The monoisotopic (exact) mass is 223 g/mol. The average Bonchev–Trinajstić information content (AvgIpc) is 2.25. The lowest BCUT2D eigenvalue weighted by Crippen LogP contribution is -2.27. The van der Waals surface area contributed by atoms with E-state index in [0.717, 1.165) is 11.3 Å². The zero-order valence-electron chi connectivity index (χ0n) is 9.26. The van der Waals surface area contributed by atoms with Gasteiger partial charge in [-0.1, -0.05) is 18.2 Å². The van der Waals surface area contributed by atoms with Crippen LogP contribution in [0.4, 0.5) is 0 Å². The first-order valence-electron chi connectivity index (χ1n) is 5.01. The highest BCUT2D eigenvalue weighted by Crippen LogP contribution is 2.16. The fraction of sp³-hybridized carbons (Fsp3) is 0.364. The summed E-state index contributed by atoms with van der Waals surface area (Å²) in [6.07, 6.45) is -0.707. The van der Waals surface area contributed by atoms with Crippen molar-refractivity contribution in [3.05, 3.63) is 29.8 Å². The van der Waals surface area contributed by atoms with E-state index in [0.29, 0.717) is 0 Å². The highest BCUT2D eigenvalue weighted by Gasteiger charge is 2.05. The van der Waals surface area contributed by atoms with E-state index < -0.39 is 6.10 Å². The number of nitrogens with zero attached hydrogens (tertiary/aromatic N) is 1. The molecule has 16 heavy (non-hydrogen) atoms. The summed E-state index contributed by atoms with van der Waals surface area (Å²) in [6.45, 7) is 2.26. The summed E-state index contributed by atoms with van der Waals surface area (Å²) in [5, 5.41) is 9.51. The predicted molar refractivity (Wildman–Crippen MR) is 63.4 cm³/mol. The Kier molecular flexibility index (Phi) is 4.60. The number of nitrogens with two attached hydrogens (primary N) is 2. The minimum absolute atomic E-state index is 0.0325. The Balaban J connectivity index is 2.40. The maximum Gasteiger partial charge on any atom is 0.186 e. The minimum Gasteiger partial charge on any atom is -0.491 e. The number of rotatable bonds is 5. The molecule has 5 N–H and O–H groups in total. The second-order valence-corrected chi connectivity index (χ2v) is 3.50. The van der Waals surface area contributed by atoms with Crippen LogP contribution in [-0.2, 0) is 0 Å². The lowest BCUT2D eigenvalue weighted by Gasteiger charge is -2.12. The summed E-state index contributed by atoms with van der Waals surface area (Å²) in [5.74, 6) is 0.723. The maximum atomic E-state index is 9.51. The molecule has 1 aromatic rings. The van der Waals surface area contributed by atoms with E-state index in [1.165, 1.54) is 0 Å². The molecular weight excluding hydrogens is 206 g/mol. The van der Waals surface area contributed by atoms with E-state index in [1.807, 2.05) is 31.2 Å². The van der Waals surface area contributed by atoms with Crippen molar-refractivity contribution in [2.24, 2.45) is 16.5 Å². The van der Waals surface area contributed by atoms with Gasteiger partial charge in [0, 0.05) is 0 Å². The Hall–Kier alpha value is -1.75. The molecule has 1 atom stereocenters. The van der Waals surface area contributed by atoms with Crippen molar-refractivity contribution >= 4 is 5.96 Å². The largest absolute Gasteiger partial charge is 0.491 e. The summed E-state index contributed by atoms with van der Waals surface area (Å²) < 4.78 is 5.43. The second-order valence-electron chi connectivity index (χ2n) is 3.50. The SMILES string of the molecule is Cc1ccccc1OCC(O)CN=C(N)N. The van der Waals surface area contributed by atoms with E-state index in [1.54, 1.807) is 0 Å². The zero-order chi connectivity index (χ0) is 12.0. The number of aliphatic hydroxyl groups is 1. The third kappa shape index (κ3) is 4.18. The van der Waals surface area contributed by atoms with Crippen molar-refractivity contribution < 1.29 is 9.84 Å². The van der Waals surface area contributed by atoms with Gasteiger partial charge >= 0.3 is 0 Å². The van der Waals surface area contributed by atoms with Gasteiger partial charge in [0.25, 0.3) is 0 Å². The number of ether oxygens (including phenoxy) is 1. The van der Waals surface area contributed by atoms with Gasteiger partial charge in [0.15, 0.2) is 5.96 Å². The predicted octanol–water partition coefficient (Wildman–Crippen LogP) is 0.00812. The van der Waals surface area contributed by atoms with Gasteiger partial charge < -0.3 is 21.3 Å². The number of hydrogen-bond acceptors (Lipinski definition) is 3. The topological polar surface area (TPSA) is 93.9 Å². The van der Waals surface area contributed by atoms with Gasteiger partial charge in [0.2, 0.25) is 0 Å². The molecule has 0 spiro atoms. The molecule has 1 unspecified atom stereocenters. The van der Waals surface area contributed by atoms with Crippen LogP contribution in [0.25, 0.3) is 0 Å². The highest BCUT2D eigenvalue weighted by molar-refractivity contribution is 5.75. The lowest BCUT2D eigenvalue weighted by molar-refractivity contribution is 0.114. The molecule has 0 amide bonds. The minimum atomic E-state index is -0.707. The quantitative estimate of drug-likeness (QED) is 0.484. The highest BCUT2D eigenvalue weighted by atomic mass is 16.5. The summed E-state index contributed by atoms with van der Waals surface area (Å²) >= 11 is 0.